The molecule has 2 aromatic rings. The highest BCUT2D eigenvalue weighted by atomic mass is 16.5. The molecule has 1 aliphatic heterocycles. The second-order valence-corrected chi connectivity index (χ2v) is 5.66. The van der Waals surface area contributed by atoms with Gasteiger partial charge in [0.1, 0.15) is 5.75 Å². The van der Waals surface area contributed by atoms with Gasteiger partial charge < -0.3 is 9.47 Å². The number of amides is 2. The van der Waals surface area contributed by atoms with Gasteiger partial charge in [0, 0.05) is 12.6 Å². The third-order valence-corrected chi connectivity index (χ3v) is 4.05. The van der Waals surface area contributed by atoms with Gasteiger partial charge in [-0.3, -0.25) is 19.3 Å². The molecule has 0 aromatic heterocycles. The van der Waals surface area contributed by atoms with Crippen LogP contribution in [0.25, 0.3) is 0 Å². The molecule has 0 spiro atoms. The number of benzene rings is 2. The summed E-state index contributed by atoms with van der Waals surface area (Å²) in [7, 11) is 2.86. The molecule has 1 heterocycles. The number of carbonyl (C=O) groups excluding carboxylic acids is 4. The molecule has 0 radical (unpaired) electrons. The minimum atomic E-state index is -0.751. The number of rotatable bonds is 5. The summed E-state index contributed by atoms with van der Waals surface area (Å²) in [5, 5.41) is 0. The van der Waals surface area contributed by atoms with Crippen molar-refractivity contribution in [3.63, 3.8) is 0 Å². The molecule has 0 fully saturated rings. The van der Waals surface area contributed by atoms with E-state index < -0.39 is 24.4 Å². The second kappa shape index (κ2) is 6.79. The Bertz CT molecular complexity index is 933. The molecule has 26 heavy (non-hydrogen) atoms. The van der Waals surface area contributed by atoms with Crippen LogP contribution in [0.3, 0.4) is 0 Å². The fourth-order valence-electron chi connectivity index (χ4n) is 2.58. The fraction of sp³-hybridized carbons (Fsp3) is 0.158. The smallest absolute Gasteiger partial charge is 0.338 e. The maximum atomic E-state index is 12.2. The van der Waals surface area contributed by atoms with Crippen molar-refractivity contribution in [2.24, 2.45) is 0 Å². The summed E-state index contributed by atoms with van der Waals surface area (Å²) in [5.74, 6) is -1.51. The van der Waals surface area contributed by atoms with Crippen LogP contribution in [0, 0.1) is 0 Å². The van der Waals surface area contributed by atoms with Crippen molar-refractivity contribution in [1.82, 2.24) is 4.90 Å². The van der Waals surface area contributed by atoms with E-state index in [0.717, 1.165) is 4.90 Å². The van der Waals surface area contributed by atoms with Gasteiger partial charge in [0.15, 0.2) is 12.4 Å². The zero-order chi connectivity index (χ0) is 18.8. The van der Waals surface area contributed by atoms with E-state index >= 15 is 0 Å². The first kappa shape index (κ1) is 17.3. The molecule has 0 bridgehead atoms. The molecule has 132 valence electrons. The summed E-state index contributed by atoms with van der Waals surface area (Å²) >= 11 is 0. The van der Waals surface area contributed by atoms with Gasteiger partial charge >= 0.3 is 5.97 Å². The Morgan fingerprint density at radius 3 is 2.42 bits per heavy atom. The highest BCUT2D eigenvalue weighted by Crippen LogP contribution is 2.23. The van der Waals surface area contributed by atoms with E-state index in [1.807, 2.05) is 0 Å². The van der Waals surface area contributed by atoms with Crippen LogP contribution in [0.1, 0.15) is 41.4 Å². The lowest BCUT2D eigenvalue weighted by atomic mass is 10.1. The number of carbonyl (C=O) groups is 4. The number of ketones is 1. The van der Waals surface area contributed by atoms with Crippen LogP contribution in [-0.4, -0.2) is 49.2 Å². The van der Waals surface area contributed by atoms with Crippen LogP contribution >= 0.6 is 0 Å². The highest BCUT2D eigenvalue weighted by molar-refractivity contribution is 6.21. The van der Waals surface area contributed by atoms with Crippen molar-refractivity contribution >= 4 is 23.6 Å². The third kappa shape index (κ3) is 3.06. The molecule has 0 N–H and O–H groups in total. The van der Waals surface area contributed by atoms with Crippen molar-refractivity contribution in [1.29, 1.82) is 0 Å². The SMILES string of the molecule is COc1cccc(C(=O)COC(=O)c2ccc3c(c2)C(=O)N(C)C3=O)c1. The number of methoxy groups -OCH3 is 1. The highest BCUT2D eigenvalue weighted by Gasteiger charge is 2.33. The predicted molar refractivity (Wildman–Crippen MR) is 90.5 cm³/mol. The summed E-state index contributed by atoms with van der Waals surface area (Å²) in [6.07, 6.45) is 0. The van der Waals surface area contributed by atoms with Crippen molar-refractivity contribution < 1.29 is 28.7 Å². The van der Waals surface area contributed by atoms with Crippen molar-refractivity contribution in [2.75, 3.05) is 20.8 Å². The molecule has 7 heteroatoms. The Labute approximate surface area is 149 Å². The fourth-order valence-corrected chi connectivity index (χ4v) is 2.58. The molecule has 2 amide bonds. The number of hydrogen-bond donors (Lipinski definition) is 0. The summed E-state index contributed by atoms with van der Waals surface area (Å²) in [6.45, 7) is -0.449. The van der Waals surface area contributed by atoms with Gasteiger partial charge in [0.05, 0.1) is 23.8 Å². The van der Waals surface area contributed by atoms with Gasteiger partial charge in [-0.05, 0) is 30.3 Å². The maximum Gasteiger partial charge on any atom is 0.338 e. The summed E-state index contributed by atoms with van der Waals surface area (Å²) in [6, 6.07) is 10.6. The summed E-state index contributed by atoms with van der Waals surface area (Å²) in [5.41, 5.74) is 0.833. The maximum absolute atomic E-state index is 12.2. The Kier molecular flexibility index (Phi) is 4.53. The first-order valence-corrected chi connectivity index (χ1v) is 7.73. The molecular formula is C19H15NO6. The van der Waals surface area contributed by atoms with Crippen molar-refractivity contribution in [2.45, 2.75) is 0 Å². The first-order chi connectivity index (χ1) is 12.4. The number of Topliss-reactive ketones (excluding diaryl/α,β-unsaturated/α-hetero) is 1. The lowest BCUT2D eigenvalue weighted by Crippen LogP contribution is -2.24. The number of ether oxygens (including phenoxy) is 2. The van der Waals surface area contributed by atoms with E-state index in [9.17, 15) is 19.2 Å². The average Bonchev–Trinajstić information content (AvgIpc) is 2.89. The number of esters is 1. The Balaban J connectivity index is 1.70. The zero-order valence-corrected chi connectivity index (χ0v) is 14.1. The monoisotopic (exact) mass is 353 g/mol. The molecule has 0 saturated heterocycles. The normalized spacial score (nSPS) is 12.8. The number of imide groups is 1. The molecular weight excluding hydrogens is 338 g/mol. The topological polar surface area (TPSA) is 90.0 Å². The van der Waals surface area contributed by atoms with Crippen LogP contribution in [0.2, 0.25) is 0 Å². The molecule has 0 aliphatic carbocycles. The molecule has 3 rings (SSSR count). The minimum absolute atomic E-state index is 0.0960. The average molecular weight is 353 g/mol. The van der Waals surface area contributed by atoms with Crippen LogP contribution in [0.5, 0.6) is 5.75 Å². The van der Waals surface area contributed by atoms with Crippen molar-refractivity contribution in [3.05, 3.63) is 64.7 Å². The first-order valence-electron chi connectivity index (χ1n) is 7.73. The quantitative estimate of drug-likeness (QED) is 0.464. The van der Waals surface area contributed by atoms with Gasteiger partial charge in [-0.25, -0.2) is 4.79 Å². The number of fused-ring (bicyclic) bond motifs is 1. The van der Waals surface area contributed by atoms with E-state index in [1.165, 1.54) is 32.4 Å². The standard InChI is InChI=1S/C19H15NO6/c1-20-17(22)14-7-6-12(9-15(14)18(20)23)19(24)26-10-16(21)11-4-3-5-13(8-11)25-2/h3-9H,10H2,1-2H3. The Hall–Kier alpha value is -3.48. The largest absolute Gasteiger partial charge is 0.497 e. The molecule has 0 saturated carbocycles. The van der Waals surface area contributed by atoms with E-state index in [1.54, 1.807) is 24.3 Å². The second-order valence-electron chi connectivity index (χ2n) is 5.66. The summed E-state index contributed by atoms with van der Waals surface area (Å²) < 4.78 is 10.1. The van der Waals surface area contributed by atoms with Gasteiger partial charge in [0.2, 0.25) is 0 Å². The van der Waals surface area contributed by atoms with E-state index in [-0.39, 0.29) is 22.5 Å². The van der Waals surface area contributed by atoms with Crippen LogP contribution in [-0.2, 0) is 4.74 Å². The van der Waals surface area contributed by atoms with Gasteiger partial charge in [-0.1, -0.05) is 12.1 Å². The van der Waals surface area contributed by atoms with E-state index in [0.29, 0.717) is 11.3 Å². The summed E-state index contributed by atoms with van der Waals surface area (Å²) in [4.78, 5) is 49.1. The molecule has 2 aromatic carbocycles. The van der Waals surface area contributed by atoms with Crippen LogP contribution in [0.4, 0.5) is 0 Å². The molecule has 0 unspecified atom stereocenters. The molecule has 7 nitrogen and oxygen atoms in total. The lowest BCUT2D eigenvalue weighted by molar-refractivity contribution is 0.0474. The number of nitrogens with zero attached hydrogens (tertiary/aromatic N) is 1. The Morgan fingerprint density at radius 2 is 1.69 bits per heavy atom. The van der Waals surface area contributed by atoms with Gasteiger partial charge in [-0.2, -0.15) is 0 Å². The third-order valence-electron chi connectivity index (χ3n) is 4.05. The van der Waals surface area contributed by atoms with E-state index in [2.05, 4.69) is 0 Å². The zero-order valence-electron chi connectivity index (χ0n) is 14.1. The van der Waals surface area contributed by atoms with Crippen LogP contribution < -0.4 is 4.74 Å². The Morgan fingerprint density at radius 1 is 0.962 bits per heavy atom. The van der Waals surface area contributed by atoms with Crippen LogP contribution in [0.15, 0.2) is 42.5 Å². The number of hydrogen-bond acceptors (Lipinski definition) is 6. The van der Waals surface area contributed by atoms with Gasteiger partial charge in [-0.15, -0.1) is 0 Å². The van der Waals surface area contributed by atoms with E-state index in [4.69, 9.17) is 9.47 Å². The minimum Gasteiger partial charge on any atom is -0.497 e. The predicted octanol–water partition coefficient (Wildman–Crippen LogP) is 1.96. The molecule has 0 atom stereocenters. The molecule has 1 aliphatic rings. The lowest BCUT2D eigenvalue weighted by Gasteiger charge is -2.06. The van der Waals surface area contributed by atoms with Gasteiger partial charge in [0.25, 0.3) is 11.8 Å². The van der Waals surface area contributed by atoms with Crippen molar-refractivity contribution in [3.8, 4) is 5.75 Å².